The van der Waals surface area contributed by atoms with Gasteiger partial charge in [-0.15, -0.1) is 0 Å². The van der Waals surface area contributed by atoms with Crippen molar-refractivity contribution in [3.63, 3.8) is 0 Å². The maximum atomic E-state index is 12.6. The lowest BCUT2D eigenvalue weighted by molar-refractivity contribution is 0.149. The number of pyridine rings is 1. The molecule has 0 saturated carbocycles. The fourth-order valence-electron chi connectivity index (χ4n) is 1.05. The quantitative estimate of drug-likeness (QED) is 0.673. The first-order valence-electron chi connectivity index (χ1n) is 3.65. The van der Waals surface area contributed by atoms with Crippen LogP contribution in [0.2, 0.25) is 0 Å². The highest BCUT2D eigenvalue weighted by atomic mass is 127. The second-order valence-electron chi connectivity index (χ2n) is 2.53. The van der Waals surface area contributed by atoms with Crippen molar-refractivity contribution >= 4 is 28.3 Å². The van der Waals surface area contributed by atoms with E-state index in [1.54, 1.807) is 28.7 Å². The standard InChI is InChI=1S/C8H6F2IN3/c9-7(10)6-4(1-2-12)5(13)3-14-8(6)11/h3,7H,1,13H2. The second-order valence-corrected chi connectivity index (χ2v) is 3.55. The number of alkyl halides is 2. The first-order chi connectivity index (χ1) is 6.57. The average Bonchev–Trinajstić information content (AvgIpc) is 2.11. The Morgan fingerprint density at radius 1 is 1.64 bits per heavy atom. The molecule has 0 aliphatic carbocycles. The Balaban J connectivity index is 3.35. The second kappa shape index (κ2) is 4.50. The molecule has 0 aliphatic heterocycles. The van der Waals surface area contributed by atoms with Crippen LogP contribution in [0.3, 0.4) is 0 Å². The molecule has 1 aromatic rings. The molecule has 0 unspecified atom stereocenters. The molecular weight excluding hydrogens is 303 g/mol. The van der Waals surface area contributed by atoms with Gasteiger partial charge < -0.3 is 5.73 Å². The van der Waals surface area contributed by atoms with Gasteiger partial charge in [-0.1, -0.05) is 0 Å². The highest BCUT2D eigenvalue weighted by Crippen LogP contribution is 2.30. The molecule has 6 heteroatoms. The zero-order valence-electron chi connectivity index (χ0n) is 6.97. The van der Waals surface area contributed by atoms with Crippen LogP contribution in [-0.2, 0) is 6.42 Å². The first-order valence-corrected chi connectivity index (χ1v) is 4.73. The SMILES string of the molecule is N#CCc1c(N)cnc(I)c1C(F)F. The summed E-state index contributed by atoms with van der Waals surface area (Å²) in [6.45, 7) is 0. The smallest absolute Gasteiger partial charge is 0.266 e. The van der Waals surface area contributed by atoms with E-state index in [-0.39, 0.29) is 26.9 Å². The number of nitriles is 1. The van der Waals surface area contributed by atoms with Crippen molar-refractivity contribution in [1.82, 2.24) is 4.98 Å². The fraction of sp³-hybridized carbons (Fsp3) is 0.250. The monoisotopic (exact) mass is 309 g/mol. The Morgan fingerprint density at radius 3 is 2.79 bits per heavy atom. The van der Waals surface area contributed by atoms with Gasteiger partial charge in [-0.2, -0.15) is 5.26 Å². The molecule has 3 nitrogen and oxygen atoms in total. The van der Waals surface area contributed by atoms with Crippen LogP contribution in [-0.4, -0.2) is 4.98 Å². The summed E-state index contributed by atoms with van der Waals surface area (Å²) >= 11 is 1.70. The van der Waals surface area contributed by atoms with Gasteiger partial charge in [0.1, 0.15) is 3.70 Å². The topological polar surface area (TPSA) is 62.7 Å². The number of nitrogen functional groups attached to an aromatic ring is 1. The van der Waals surface area contributed by atoms with E-state index in [4.69, 9.17) is 11.0 Å². The largest absolute Gasteiger partial charge is 0.397 e. The molecule has 0 aromatic carbocycles. The van der Waals surface area contributed by atoms with Gasteiger partial charge in [0.15, 0.2) is 0 Å². The third-order valence-corrected chi connectivity index (χ3v) is 2.55. The molecule has 0 bridgehead atoms. The van der Waals surface area contributed by atoms with Crippen LogP contribution in [0.1, 0.15) is 17.6 Å². The number of hydrogen-bond donors (Lipinski definition) is 1. The molecule has 0 fully saturated rings. The van der Waals surface area contributed by atoms with Gasteiger partial charge in [-0.3, -0.25) is 0 Å². The Morgan fingerprint density at radius 2 is 2.29 bits per heavy atom. The Labute approximate surface area is 93.1 Å². The molecule has 0 amide bonds. The van der Waals surface area contributed by atoms with Gasteiger partial charge in [0.2, 0.25) is 0 Å². The summed E-state index contributed by atoms with van der Waals surface area (Å²) in [6.07, 6.45) is -1.48. The maximum Gasteiger partial charge on any atom is 0.266 e. The fourth-order valence-corrected chi connectivity index (χ4v) is 1.75. The van der Waals surface area contributed by atoms with E-state index in [1.165, 1.54) is 6.20 Å². The summed E-state index contributed by atoms with van der Waals surface area (Å²) < 4.78 is 25.4. The third-order valence-electron chi connectivity index (χ3n) is 1.69. The number of nitrogens with zero attached hydrogens (tertiary/aromatic N) is 2. The van der Waals surface area contributed by atoms with Crippen molar-refractivity contribution in [2.75, 3.05) is 5.73 Å². The predicted molar refractivity (Wildman–Crippen MR) is 55.6 cm³/mol. The normalized spacial score (nSPS) is 10.2. The Bertz CT molecular complexity index is 387. The average molecular weight is 309 g/mol. The van der Waals surface area contributed by atoms with Crippen molar-refractivity contribution in [2.24, 2.45) is 0 Å². The molecule has 14 heavy (non-hydrogen) atoms. The molecular formula is C8H6F2IN3. The zero-order chi connectivity index (χ0) is 10.7. The van der Waals surface area contributed by atoms with Gasteiger partial charge in [-0.05, 0) is 22.6 Å². The summed E-state index contributed by atoms with van der Waals surface area (Å²) in [5, 5.41) is 8.47. The van der Waals surface area contributed by atoms with Crippen molar-refractivity contribution in [2.45, 2.75) is 12.8 Å². The van der Waals surface area contributed by atoms with Crippen LogP contribution >= 0.6 is 22.6 Å². The Hall–Kier alpha value is -0.970. The summed E-state index contributed by atoms with van der Waals surface area (Å²) in [4.78, 5) is 3.72. The minimum Gasteiger partial charge on any atom is -0.397 e. The van der Waals surface area contributed by atoms with Crippen molar-refractivity contribution < 1.29 is 8.78 Å². The van der Waals surface area contributed by atoms with Crippen LogP contribution in [0, 0.1) is 15.0 Å². The molecule has 0 radical (unpaired) electrons. The minimum atomic E-state index is -2.65. The summed E-state index contributed by atoms with van der Waals surface area (Å²) in [7, 11) is 0. The van der Waals surface area contributed by atoms with Crippen LogP contribution in [0.15, 0.2) is 6.20 Å². The number of nitrogens with two attached hydrogens (primary N) is 1. The van der Waals surface area contributed by atoms with Crippen LogP contribution in [0.25, 0.3) is 0 Å². The van der Waals surface area contributed by atoms with E-state index in [0.29, 0.717) is 0 Å². The van der Waals surface area contributed by atoms with Gasteiger partial charge in [0.05, 0.1) is 29.9 Å². The molecule has 0 atom stereocenters. The zero-order valence-corrected chi connectivity index (χ0v) is 9.12. The molecule has 0 spiro atoms. The van der Waals surface area contributed by atoms with Gasteiger partial charge in [0, 0.05) is 5.56 Å². The molecule has 2 N–H and O–H groups in total. The molecule has 0 saturated heterocycles. The molecule has 1 heterocycles. The number of aromatic nitrogens is 1. The van der Waals surface area contributed by atoms with Gasteiger partial charge in [0.25, 0.3) is 6.43 Å². The number of hydrogen-bond acceptors (Lipinski definition) is 3. The summed E-state index contributed by atoms with van der Waals surface area (Å²) in [5.41, 5.74) is 5.56. The number of halogens is 3. The summed E-state index contributed by atoms with van der Waals surface area (Å²) in [6, 6.07) is 1.80. The van der Waals surface area contributed by atoms with E-state index < -0.39 is 6.43 Å². The van der Waals surface area contributed by atoms with E-state index in [1.807, 2.05) is 0 Å². The third kappa shape index (κ3) is 2.09. The molecule has 1 aromatic heterocycles. The molecule has 1 rings (SSSR count). The highest BCUT2D eigenvalue weighted by Gasteiger charge is 2.19. The highest BCUT2D eigenvalue weighted by molar-refractivity contribution is 14.1. The summed E-state index contributed by atoms with van der Waals surface area (Å²) in [5.74, 6) is 0. The van der Waals surface area contributed by atoms with Crippen molar-refractivity contribution in [3.05, 3.63) is 21.0 Å². The van der Waals surface area contributed by atoms with Crippen LogP contribution in [0.4, 0.5) is 14.5 Å². The maximum absolute atomic E-state index is 12.6. The Kier molecular flexibility index (Phi) is 3.57. The van der Waals surface area contributed by atoms with E-state index >= 15 is 0 Å². The van der Waals surface area contributed by atoms with Crippen molar-refractivity contribution in [1.29, 1.82) is 5.26 Å². The lowest BCUT2D eigenvalue weighted by Gasteiger charge is -2.09. The first kappa shape index (κ1) is 11.1. The van der Waals surface area contributed by atoms with Crippen LogP contribution in [0.5, 0.6) is 0 Å². The predicted octanol–water partition coefficient (Wildman–Crippen LogP) is 2.27. The van der Waals surface area contributed by atoms with Crippen molar-refractivity contribution in [3.8, 4) is 6.07 Å². The lowest BCUT2D eigenvalue weighted by Crippen LogP contribution is -2.04. The van der Waals surface area contributed by atoms with Gasteiger partial charge in [-0.25, -0.2) is 13.8 Å². The molecule has 74 valence electrons. The number of anilines is 1. The van der Waals surface area contributed by atoms with Crippen LogP contribution < -0.4 is 5.73 Å². The minimum absolute atomic E-state index is 0.121. The number of rotatable bonds is 2. The molecule has 0 aliphatic rings. The van der Waals surface area contributed by atoms with E-state index in [0.717, 1.165) is 0 Å². The van der Waals surface area contributed by atoms with E-state index in [2.05, 4.69) is 4.98 Å². The van der Waals surface area contributed by atoms with Gasteiger partial charge >= 0.3 is 0 Å². The van der Waals surface area contributed by atoms with E-state index in [9.17, 15) is 8.78 Å². The lowest BCUT2D eigenvalue weighted by atomic mass is 10.1.